The first-order valence-electron chi connectivity index (χ1n) is 10.1. The zero-order valence-electron chi connectivity index (χ0n) is 17.1. The Labute approximate surface area is 175 Å². The number of morpholine rings is 1. The van der Waals surface area contributed by atoms with E-state index >= 15 is 0 Å². The molecule has 30 heavy (non-hydrogen) atoms. The molecule has 1 aliphatic heterocycles. The number of nitrogens with zero attached hydrogens (tertiary/aromatic N) is 3. The number of hydrogen-bond acceptors (Lipinski definition) is 4. The Morgan fingerprint density at radius 1 is 1.03 bits per heavy atom. The van der Waals surface area contributed by atoms with Gasteiger partial charge >= 0.3 is 0 Å². The van der Waals surface area contributed by atoms with Crippen LogP contribution in [0.2, 0.25) is 0 Å². The van der Waals surface area contributed by atoms with Crippen molar-refractivity contribution in [2.75, 3.05) is 36.5 Å². The van der Waals surface area contributed by atoms with Gasteiger partial charge in [-0.3, -0.25) is 4.79 Å². The average Bonchev–Trinajstić information content (AvgIpc) is 3.21. The lowest BCUT2D eigenvalue weighted by Crippen LogP contribution is -2.36. The van der Waals surface area contributed by atoms with Crippen molar-refractivity contribution < 1.29 is 13.9 Å². The molecular formula is C23H25FN4O2. The number of aromatic nitrogens is 2. The summed E-state index contributed by atoms with van der Waals surface area (Å²) in [6.07, 6.45) is 1.57. The van der Waals surface area contributed by atoms with Gasteiger partial charge in [0.1, 0.15) is 5.82 Å². The molecule has 2 heterocycles. The van der Waals surface area contributed by atoms with Gasteiger partial charge < -0.3 is 15.0 Å². The van der Waals surface area contributed by atoms with E-state index in [4.69, 9.17) is 4.74 Å². The molecule has 0 radical (unpaired) electrons. The lowest BCUT2D eigenvalue weighted by molar-refractivity contribution is 0.102. The summed E-state index contributed by atoms with van der Waals surface area (Å²) in [5.41, 5.74) is 3.84. The van der Waals surface area contributed by atoms with Crippen LogP contribution in [0.15, 0.2) is 54.7 Å². The van der Waals surface area contributed by atoms with Crippen molar-refractivity contribution in [3.63, 3.8) is 0 Å². The summed E-state index contributed by atoms with van der Waals surface area (Å²) in [5.74, 6) is -0.469. The Morgan fingerprint density at radius 2 is 1.67 bits per heavy atom. The molecule has 0 aliphatic carbocycles. The quantitative estimate of drug-likeness (QED) is 0.687. The maximum Gasteiger partial charge on any atom is 0.259 e. The van der Waals surface area contributed by atoms with Gasteiger partial charge in [-0.2, -0.15) is 5.10 Å². The smallest absolute Gasteiger partial charge is 0.259 e. The third-order valence-electron chi connectivity index (χ3n) is 5.17. The second kappa shape index (κ2) is 8.67. The van der Waals surface area contributed by atoms with Gasteiger partial charge in [0.15, 0.2) is 0 Å². The second-order valence-corrected chi connectivity index (χ2v) is 7.59. The zero-order valence-corrected chi connectivity index (χ0v) is 17.1. The molecule has 1 saturated heterocycles. The second-order valence-electron chi connectivity index (χ2n) is 7.59. The first-order chi connectivity index (χ1) is 14.5. The van der Waals surface area contributed by atoms with Crippen LogP contribution in [-0.2, 0) is 4.74 Å². The number of amides is 1. The van der Waals surface area contributed by atoms with Crippen LogP contribution in [0.25, 0.3) is 5.69 Å². The van der Waals surface area contributed by atoms with E-state index in [0.29, 0.717) is 11.3 Å². The highest BCUT2D eigenvalue weighted by Gasteiger charge is 2.21. The lowest BCUT2D eigenvalue weighted by atomic mass is 10.0. The third kappa shape index (κ3) is 4.21. The van der Waals surface area contributed by atoms with Gasteiger partial charge in [-0.25, -0.2) is 9.07 Å². The van der Waals surface area contributed by atoms with E-state index < -0.39 is 0 Å². The molecule has 1 aliphatic rings. The van der Waals surface area contributed by atoms with Crippen molar-refractivity contribution in [3.8, 4) is 5.69 Å². The van der Waals surface area contributed by atoms with Crippen molar-refractivity contribution in [3.05, 3.63) is 71.8 Å². The number of ether oxygens (including phenoxy) is 1. The maximum atomic E-state index is 13.3. The molecular weight excluding hydrogens is 383 g/mol. The Kier molecular flexibility index (Phi) is 5.81. The molecule has 6 nitrogen and oxygen atoms in total. The van der Waals surface area contributed by atoms with Gasteiger partial charge in [-0.05, 0) is 54.4 Å². The number of hydrogen-bond donors (Lipinski definition) is 1. The summed E-state index contributed by atoms with van der Waals surface area (Å²) in [4.78, 5) is 15.2. The number of halogens is 1. The van der Waals surface area contributed by atoms with E-state index in [2.05, 4.69) is 15.3 Å². The molecule has 0 spiro atoms. The van der Waals surface area contributed by atoms with E-state index in [0.717, 1.165) is 43.4 Å². The normalized spacial score (nSPS) is 14.2. The topological polar surface area (TPSA) is 59.4 Å². The van der Waals surface area contributed by atoms with Gasteiger partial charge in [0.25, 0.3) is 5.91 Å². The Morgan fingerprint density at radius 3 is 2.30 bits per heavy atom. The van der Waals surface area contributed by atoms with Gasteiger partial charge in [-0.1, -0.05) is 13.8 Å². The molecule has 0 atom stereocenters. The molecule has 0 saturated carbocycles. The van der Waals surface area contributed by atoms with Crippen molar-refractivity contribution >= 4 is 17.3 Å². The number of rotatable bonds is 5. The first kappa shape index (κ1) is 20.1. The molecule has 4 rings (SSSR count). The third-order valence-corrected chi connectivity index (χ3v) is 5.17. The maximum absolute atomic E-state index is 13.3. The highest BCUT2D eigenvalue weighted by atomic mass is 19.1. The highest BCUT2D eigenvalue weighted by Crippen LogP contribution is 2.25. The zero-order chi connectivity index (χ0) is 21.1. The minimum absolute atomic E-state index is 0.0574. The molecule has 2 aromatic carbocycles. The van der Waals surface area contributed by atoms with Crippen molar-refractivity contribution in [2.45, 2.75) is 19.8 Å². The lowest BCUT2D eigenvalue weighted by Gasteiger charge is -2.28. The summed E-state index contributed by atoms with van der Waals surface area (Å²) in [6.45, 7) is 7.21. The fraction of sp³-hybridized carbons (Fsp3) is 0.304. The molecule has 1 aromatic heterocycles. The van der Waals surface area contributed by atoms with Gasteiger partial charge in [0.2, 0.25) is 0 Å². The largest absolute Gasteiger partial charge is 0.378 e. The van der Waals surface area contributed by atoms with Crippen LogP contribution in [0.4, 0.5) is 15.8 Å². The highest BCUT2D eigenvalue weighted by molar-refractivity contribution is 6.05. The summed E-state index contributed by atoms with van der Waals surface area (Å²) in [6, 6.07) is 13.9. The monoisotopic (exact) mass is 408 g/mol. The molecule has 1 amide bonds. The van der Waals surface area contributed by atoms with Crippen LogP contribution in [0.3, 0.4) is 0 Å². The van der Waals surface area contributed by atoms with Crippen LogP contribution in [0.1, 0.15) is 35.8 Å². The molecule has 0 bridgehead atoms. The standard InChI is InChI=1S/C23H25FN4O2/c1-16(2)22-21(15-25-28(22)20-7-3-17(24)4-8-20)23(29)26-18-5-9-19(10-6-18)27-11-13-30-14-12-27/h3-10,15-16H,11-14H2,1-2H3,(H,26,29). The van der Waals surface area contributed by atoms with Gasteiger partial charge in [-0.15, -0.1) is 0 Å². The minimum Gasteiger partial charge on any atom is -0.378 e. The fourth-order valence-corrected chi connectivity index (χ4v) is 3.65. The Balaban J connectivity index is 1.54. The number of carbonyl (C=O) groups is 1. The van der Waals surface area contributed by atoms with Crippen molar-refractivity contribution in [2.24, 2.45) is 0 Å². The number of anilines is 2. The van der Waals surface area contributed by atoms with Gasteiger partial charge in [0, 0.05) is 24.5 Å². The molecule has 7 heteroatoms. The van der Waals surface area contributed by atoms with Crippen LogP contribution < -0.4 is 10.2 Å². The average molecular weight is 408 g/mol. The predicted octanol–water partition coefficient (Wildman–Crippen LogP) is 4.22. The molecule has 1 N–H and O–H groups in total. The number of carbonyl (C=O) groups excluding carboxylic acids is 1. The molecule has 0 unspecified atom stereocenters. The Bertz CT molecular complexity index is 1010. The molecule has 3 aromatic rings. The fourth-order valence-electron chi connectivity index (χ4n) is 3.65. The Hall–Kier alpha value is -3.19. The molecule has 1 fully saturated rings. The summed E-state index contributed by atoms with van der Waals surface area (Å²) < 4.78 is 20.4. The van der Waals surface area contributed by atoms with Crippen LogP contribution in [0.5, 0.6) is 0 Å². The van der Waals surface area contributed by atoms with E-state index in [9.17, 15) is 9.18 Å². The number of benzene rings is 2. The van der Waals surface area contributed by atoms with Crippen molar-refractivity contribution in [1.29, 1.82) is 0 Å². The van der Waals surface area contributed by atoms with Crippen LogP contribution in [-0.4, -0.2) is 42.0 Å². The van der Waals surface area contributed by atoms with Gasteiger partial charge in [0.05, 0.1) is 36.4 Å². The van der Waals surface area contributed by atoms with Crippen molar-refractivity contribution in [1.82, 2.24) is 9.78 Å². The first-order valence-corrected chi connectivity index (χ1v) is 10.1. The summed E-state index contributed by atoms with van der Waals surface area (Å²) in [7, 11) is 0. The van der Waals surface area contributed by atoms with E-state index in [1.807, 2.05) is 38.1 Å². The van der Waals surface area contributed by atoms with E-state index in [1.165, 1.54) is 12.1 Å². The predicted molar refractivity (Wildman–Crippen MR) is 115 cm³/mol. The SMILES string of the molecule is CC(C)c1c(C(=O)Nc2ccc(N3CCOCC3)cc2)cnn1-c1ccc(F)cc1. The summed E-state index contributed by atoms with van der Waals surface area (Å²) >= 11 is 0. The van der Waals surface area contributed by atoms with Crippen LogP contribution in [0, 0.1) is 5.82 Å². The van der Waals surface area contributed by atoms with Crippen LogP contribution >= 0.6 is 0 Å². The van der Waals surface area contributed by atoms with E-state index in [1.54, 1.807) is 23.0 Å². The van der Waals surface area contributed by atoms with E-state index in [-0.39, 0.29) is 17.6 Å². The summed E-state index contributed by atoms with van der Waals surface area (Å²) in [5, 5.41) is 7.35. The minimum atomic E-state index is -0.310. The molecule has 156 valence electrons. The number of nitrogens with one attached hydrogen (secondary N) is 1.